The molecule has 1 amide bonds. The summed E-state index contributed by atoms with van der Waals surface area (Å²) in [4.78, 5) is 11.8. The molecule has 0 aromatic carbocycles. The van der Waals surface area contributed by atoms with Crippen LogP contribution in [-0.4, -0.2) is 21.3 Å². The van der Waals surface area contributed by atoms with Crippen molar-refractivity contribution in [2.75, 3.05) is 5.32 Å². The standard InChI is InChI=1S/C11H7BrN4O4/c1-5-4-6(16-20-5)9(17)13-11-15-14-10(19-11)7-2-3-8(12)18-7/h2-4H,1H3,(H,13,15,17). The lowest BCUT2D eigenvalue weighted by molar-refractivity contribution is 0.101. The van der Waals surface area contributed by atoms with Gasteiger partial charge in [0.1, 0.15) is 5.76 Å². The molecular weight excluding hydrogens is 332 g/mol. The molecule has 0 spiro atoms. The van der Waals surface area contributed by atoms with Gasteiger partial charge in [-0.25, -0.2) is 0 Å². The van der Waals surface area contributed by atoms with E-state index in [1.165, 1.54) is 6.07 Å². The molecule has 0 saturated carbocycles. The molecule has 8 nitrogen and oxygen atoms in total. The van der Waals surface area contributed by atoms with Crippen LogP contribution in [0, 0.1) is 6.92 Å². The highest BCUT2D eigenvalue weighted by atomic mass is 79.9. The third-order valence-electron chi connectivity index (χ3n) is 2.29. The van der Waals surface area contributed by atoms with E-state index in [0.717, 1.165) is 0 Å². The largest absolute Gasteiger partial charge is 0.444 e. The van der Waals surface area contributed by atoms with Crippen LogP contribution in [-0.2, 0) is 0 Å². The number of aryl methyl sites for hydroxylation is 1. The molecule has 0 aliphatic carbocycles. The van der Waals surface area contributed by atoms with Gasteiger partial charge in [-0.15, -0.1) is 5.10 Å². The predicted molar refractivity (Wildman–Crippen MR) is 68.9 cm³/mol. The first-order valence-electron chi connectivity index (χ1n) is 5.46. The van der Waals surface area contributed by atoms with Gasteiger partial charge in [0, 0.05) is 6.07 Å². The van der Waals surface area contributed by atoms with Gasteiger partial charge in [0.05, 0.1) is 0 Å². The third-order valence-corrected chi connectivity index (χ3v) is 2.72. The van der Waals surface area contributed by atoms with Gasteiger partial charge in [-0.05, 0) is 35.0 Å². The molecule has 0 atom stereocenters. The molecule has 3 rings (SSSR count). The maximum absolute atomic E-state index is 11.8. The van der Waals surface area contributed by atoms with Crippen LogP contribution in [0.15, 0.2) is 36.2 Å². The number of hydrogen-bond acceptors (Lipinski definition) is 7. The van der Waals surface area contributed by atoms with E-state index in [-0.39, 0.29) is 17.6 Å². The lowest BCUT2D eigenvalue weighted by atomic mass is 10.3. The molecule has 0 radical (unpaired) electrons. The minimum Gasteiger partial charge on any atom is -0.444 e. The summed E-state index contributed by atoms with van der Waals surface area (Å²) in [6.45, 7) is 1.68. The van der Waals surface area contributed by atoms with Crippen LogP contribution >= 0.6 is 15.9 Å². The molecule has 0 bridgehead atoms. The molecule has 102 valence electrons. The maximum atomic E-state index is 11.8. The van der Waals surface area contributed by atoms with Gasteiger partial charge in [0.15, 0.2) is 16.1 Å². The van der Waals surface area contributed by atoms with E-state index in [1.807, 2.05) is 0 Å². The normalized spacial score (nSPS) is 10.7. The Morgan fingerprint density at radius 3 is 2.80 bits per heavy atom. The van der Waals surface area contributed by atoms with Gasteiger partial charge in [0.2, 0.25) is 0 Å². The molecule has 0 unspecified atom stereocenters. The molecule has 20 heavy (non-hydrogen) atoms. The first-order valence-corrected chi connectivity index (χ1v) is 6.25. The summed E-state index contributed by atoms with van der Waals surface area (Å²) in [5.74, 6) is 0.573. The zero-order valence-corrected chi connectivity index (χ0v) is 11.7. The van der Waals surface area contributed by atoms with Crippen molar-refractivity contribution in [3.05, 3.63) is 34.3 Å². The van der Waals surface area contributed by atoms with Crippen LogP contribution in [0.25, 0.3) is 11.7 Å². The van der Waals surface area contributed by atoms with E-state index in [4.69, 9.17) is 13.4 Å². The number of hydrogen-bond donors (Lipinski definition) is 1. The summed E-state index contributed by atoms with van der Waals surface area (Å²) >= 11 is 3.16. The number of amides is 1. The Bertz CT molecular complexity index is 760. The Labute approximate surface area is 120 Å². The lowest BCUT2D eigenvalue weighted by Crippen LogP contribution is -2.12. The van der Waals surface area contributed by atoms with Crippen LogP contribution in [0.5, 0.6) is 0 Å². The van der Waals surface area contributed by atoms with E-state index in [2.05, 4.69) is 36.6 Å². The van der Waals surface area contributed by atoms with Crippen molar-refractivity contribution in [3.8, 4) is 11.7 Å². The van der Waals surface area contributed by atoms with Crippen molar-refractivity contribution in [3.63, 3.8) is 0 Å². The minimum atomic E-state index is -0.502. The van der Waals surface area contributed by atoms with Crippen molar-refractivity contribution in [1.82, 2.24) is 15.4 Å². The quantitative estimate of drug-likeness (QED) is 0.781. The molecule has 1 N–H and O–H groups in total. The van der Waals surface area contributed by atoms with Crippen LogP contribution < -0.4 is 5.32 Å². The number of carbonyl (C=O) groups is 1. The number of carbonyl (C=O) groups excluding carboxylic acids is 1. The fourth-order valence-electron chi connectivity index (χ4n) is 1.44. The minimum absolute atomic E-state index is 0.0572. The zero-order chi connectivity index (χ0) is 14.1. The Balaban J connectivity index is 1.76. The van der Waals surface area contributed by atoms with Crippen molar-refractivity contribution in [2.24, 2.45) is 0 Å². The Kier molecular flexibility index (Phi) is 3.11. The number of nitrogens with one attached hydrogen (secondary N) is 1. The molecular formula is C11H7BrN4O4. The monoisotopic (exact) mass is 338 g/mol. The fourth-order valence-corrected chi connectivity index (χ4v) is 1.74. The second-order valence-corrected chi connectivity index (χ2v) is 4.57. The lowest BCUT2D eigenvalue weighted by Gasteiger charge is -1.94. The first-order chi connectivity index (χ1) is 9.61. The van der Waals surface area contributed by atoms with E-state index in [0.29, 0.717) is 16.2 Å². The van der Waals surface area contributed by atoms with E-state index >= 15 is 0 Å². The summed E-state index contributed by atoms with van der Waals surface area (Å²) in [5, 5.41) is 13.4. The Hall–Kier alpha value is -2.42. The average Bonchev–Trinajstić information content (AvgIpc) is 3.10. The van der Waals surface area contributed by atoms with Crippen molar-refractivity contribution in [2.45, 2.75) is 6.92 Å². The highest BCUT2D eigenvalue weighted by Gasteiger charge is 2.16. The molecule has 0 fully saturated rings. The number of anilines is 1. The van der Waals surface area contributed by atoms with Crippen LogP contribution in [0.3, 0.4) is 0 Å². The van der Waals surface area contributed by atoms with Crippen LogP contribution in [0.1, 0.15) is 16.2 Å². The summed E-state index contributed by atoms with van der Waals surface area (Å²) < 4.78 is 15.9. The number of rotatable bonds is 3. The predicted octanol–water partition coefficient (Wildman–Crippen LogP) is 2.64. The van der Waals surface area contributed by atoms with E-state index in [9.17, 15) is 4.79 Å². The summed E-state index contributed by atoms with van der Waals surface area (Å²) in [6, 6.07) is 4.79. The SMILES string of the molecule is Cc1cc(C(=O)Nc2nnc(-c3ccc(Br)o3)o2)no1. The van der Waals surface area contributed by atoms with Gasteiger partial charge >= 0.3 is 6.01 Å². The van der Waals surface area contributed by atoms with Gasteiger partial charge in [-0.2, -0.15) is 0 Å². The Morgan fingerprint density at radius 1 is 1.30 bits per heavy atom. The topological polar surface area (TPSA) is 107 Å². The molecule has 9 heteroatoms. The van der Waals surface area contributed by atoms with Crippen LogP contribution in [0.2, 0.25) is 0 Å². The second-order valence-electron chi connectivity index (χ2n) is 3.79. The zero-order valence-electron chi connectivity index (χ0n) is 10.1. The number of aromatic nitrogens is 3. The van der Waals surface area contributed by atoms with E-state index < -0.39 is 5.91 Å². The smallest absolute Gasteiger partial charge is 0.322 e. The fraction of sp³-hybridized carbons (Fsp3) is 0.0909. The summed E-state index contributed by atoms with van der Waals surface area (Å²) in [6.07, 6.45) is 0. The van der Waals surface area contributed by atoms with Gasteiger partial charge in [-0.3, -0.25) is 10.1 Å². The summed E-state index contributed by atoms with van der Waals surface area (Å²) in [7, 11) is 0. The Morgan fingerprint density at radius 2 is 2.15 bits per heavy atom. The average molecular weight is 339 g/mol. The third kappa shape index (κ3) is 2.48. The molecule has 3 heterocycles. The number of nitrogens with zero attached hydrogens (tertiary/aromatic N) is 3. The molecule has 0 saturated heterocycles. The highest BCUT2D eigenvalue weighted by molar-refractivity contribution is 9.10. The van der Waals surface area contributed by atoms with Crippen LogP contribution in [0.4, 0.5) is 6.01 Å². The molecule has 3 aromatic rings. The first kappa shape index (κ1) is 12.6. The van der Waals surface area contributed by atoms with Crippen molar-refractivity contribution < 1.29 is 18.2 Å². The maximum Gasteiger partial charge on any atom is 0.322 e. The molecule has 0 aliphatic rings. The van der Waals surface area contributed by atoms with Crippen molar-refractivity contribution in [1.29, 1.82) is 0 Å². The number of furan rings is 1. The highest BCUT2D eigenvalue weighted by Crippen LogP contribution is 2.24. The molecule has 3 aromatic heterocycles. The van der Waals surface area contributed by atoms with Crippen molar-refractivity contribution >= 4 is 27.9 Å². The number of halogens is 1. The summed E-state index contributed by atoms with van der Waals surface area (Å²) in [5.41, 5.74) is 0.128. The van der Waals surface area contributed by atoms with Gasteiger partial charge < -0.3 is 13.4 Å². The van der Waals surface area contributed by atoms with Gasteiger partial charge in [-0.1, -0.05) is 10.3 Å². The second kappa shape index (κ2) is 4.93. The molecule has 0 aliphatic heterocycles. The van der Waals surface area contributed by atoms with E-state index in [1.54, 1.807) is 19.1 Å². The van der Waals surface area contributed by atoms with Gasteiger partial charge in [0.25, 0.3) is 11.8 Å².